The SMILES string of the molecule is CC1CCCC(C)N1NS(=O)(=O)c1cc(C(=O)O)cs1. The van der Waals surface area contributed by atoms with Gasteiger partial charge in [0.05, 0.1) is 5.56 Å². The van der Waals surface area contributed by atoms with E-state index in [0.29, 0.717) is 0 Å². The normalized spacial score (nSPS) is 24.7. The Kier molecular flexibility index (Phi) is 4.48. The van der Waals surface area contributed by atoms with Gasteiger partial charge in [-0.3, -0.25) is 0 Å². The molecule has 0 bridgehead atoms. The van der Waals surface area contributed by atoms with Crippen LogP contribution in [0.2, 0.25) is 0 Å². The number of nitrogens with one attached hydrogen (secondary N) is 1. The Bertz CT molecular complexity index is 586. The highest BCUT2D eigenvalue weighted by atomic mass is 32.2. The van der Waals surface area contributed by atoms with Crippen molar-refractivity contribution < 1.29 is 18.3 Å². The zero-order valence-corrected chi connectivity index (χ0v) is 13.0. The van der Waals surface area contributed by atoms with E-state index in [-0.39, 0.29) is 21.9 Å². The van der Waals surface area contributed by atoms with Crippen LogP contribution in [0.15, 0.2) is 15.7 Å². The largest absolute Gasteiger partial charge is 0.478 e. The molecule has 0 aliphatic carbocycles. The Balaban J connectivity index is 2.19. The number of hydrazine groups is 1. The van der Waals surface area contributed by atoms with Crippen LogP contribution in [0.4, 0.5) is 0 Å². The number of carbonyl (C=O) groups is 1. The summed E-state index contributed by atoms with van der Waals surface area (Å²) in [4.78, 5) is 13.4. The van der Waals surface area contributed by atoms with E-state index in [0.717, 1.165) is 30.6 Å². The van der Waals surface area contributed by atoms with Crippen LogP contribution in [0.5, 0.6) is 0 Å². The lowest BCUT2D eigenvalue weighted by Crippen LogP contribution is -2.53. The highest BCUT2D eigenvalue weighted by molar-refractivity contribution is 7.91. The number of piperidine rings is 1. The number of carboxylic acid groups (broad SMARTS) is 1. The molecule has 2 heterocycles. The maximum atomic E-state index is 12.3. The molecular formula is C12H18N2O4S2. The Morgan fingerprint density at radius 1 is 1.40 bits per heavy atom. The maximum Gasteiger partial charge on any atom is 0.336 e. The molecule has 0 aromatic carbocycles. The first-order valence-corrected chi connectivity index (χ1v) is 8.80. The molecule has 2 N–H and O–H groups in total. The summed E-state index contributed by atoms with van der Waals surface area (Å²) in [6.07, 6.45) is 2.97. The Hall–Kier alpha value is -0.960. The zero-order valence-electron chi connectivity index (χ0n) is 11.4. The third-order valence-corrected chi connectivity index (χ3v) is 6.27. The van der Waals surface area contributed by atoms with Gasteiger partial charge < -0.3 is 5.11 Å². The summed E-state index contributed by atoms with van der Waals surface area (Å²) in [6.45, 7) is 3.96. The molecule has 0 spiro atoms. The number of rotatable bonds is 4. The second kappa shape index (κ2) is 5.80. The van der Waals surface area contributed by atoms with E-state index in [1.54, 1.807) is 5.01 Å². The summed E-state index contributed by atoms with van der Waals surface area (Å²) in [5, 5.41) is 11.9. The third kappa shape index (κ3) is 3.20. The summed E-state index contributed by atoms with van der Waals surface area (Å²) < 4.78 is 24.6. The van der Waals surface area contributed by atoms with Gasteiger partial charge >= 0.3 is 5.97 Å². The van der Waals surface area contributed by atoms with E-state index in [1.165, 1.54) is 11.4 Å². The predicted molar refractivity (Wildman–Crippen MR) is 76.2 cm³/mol. The average molecular weight is 318 g/mol. The van der Waals surface area contributed by atoms with E-state index >= 15 is 0 Å². The quantitative estimate of drug-likeness (QED) is 0.885. The monoisotopic (exact) mass is 318 g/mol. The molecule has 0 saturated carbocycles. The van der Waals surface area contributed by atoms with Crippen LogP contribution in [-0.2, 0) is 10.0 Å². The van der Waals surface area contributed by atoms with Crippen LogP contribution in [0.1, 0.15) is 43.5 Å². The van der Waals surface area contributed by atoms with Gasteiger partial charge in [-0.05, 0) is 32.8 Å². The van der Waals surface area contributed by atoms with Crippen molar-refractivity contribution in [1.29, 1.82) is 0 Å². The number of hydrogen-bond acceptors (Lipinski definition) is 5. The highest BCUT2D eigenvalue weighted by Gasteiger charge is 2.30. The minimum atomic E-state index is -3.71. The minimum Gasteiger partial charge on any atom is -0.478 e. The Labute approximate surface area is 122 Å². The van der Waals surface area contributed by atoms with E-state index in [9.17, 15) is 13.2 Å². The lowest BCUT2D eigenvalue weighted by atomic mass is 10.0. The molecule has 0 radical (unpaired) electrons. The van der Waals surface area contributed by atoms with Crippen molar-refractivity contribution in [2.75, 3.05) is 0 Å². The zero-order chi connectivity index (χ0) is 14.9. The van der Waals surface area contributed by atoms with Crippen LogP contribution in [0, 0.1) is 0 Å². The molecule has 1 aromatic rings. The second-order valence-corrected chi connectivity index (χ2v) is 7.89. The van der Waals surface area contributed by atoms with Crippen molar-refractivity contribution in [2.45, 2.75) is 49.4 Å². The first-order valence-electron chi connectivity index (χ1n) is 6.44. The van der Waals surface area contributed by atoms with E-state index in [4.69, 9.17) is 5.11 Å². The minimum absolute atomic E-state index is 0.00452. The van der Waals surface area contributed by atoms with Crippen molar-refractivity contribution in [3.63, 3.8) is 0 Å². The summed E-state index contributed by atoms with van der Waals surface area (Å²) in [5.74, 6) is -1.12. The van der Waals surface area contributed by atoms with Gasteiger partial charge in [-0.1, -0.05) is 6.42 Å². The first kappa shape index (κ1) is 15.4. The van der Waals surface area contributed by atoms with Gasteiger partial charge in [-0.25, -0.2) is 18.2 Å². The van der Waals surface area contributed by atoms with E-state index in [2.05, 4.69) is 4.83 Å². The number of nitrogens with zero attached hydrogens (tertiary/aromatic N) is 1. The summed E-state index contributed by atoms with van der Waals surface area (Å²) in [5.41, 5.74) is -0.00452. The Morgan fingerprint density at radius 2 is 2.00 bits per heavy atom. The van der Waals surface area contributed by atoms with Crippen molar-refractivity contribution in [1.82, 2.24) is 9.84 Å². The molecule has 1 saturated heterocycles. The molecule has 0 amide bonds. The molecule has 2 unspecified atom stereocenters. The highest BCUT2D eigenvalue weighted by Crippen LogP contribution is 2.24. The first-order chi connectivity index (χ1) is 9.31. The van der Waals surface area contributed by atoms with Gasteiger partial charge in [0.15, 0.2) is 0 Å². The lowest BCUT2D eigenvalue weighted by molar-refractivity contribution is 0.0697. The molecule has 8 heteroatoms. The average Bonchev–Trinajstić information content (AvgIpc) is 2.84. The molecule has 112 valence electrons. The van der Waals surface area contributed by atoms with Crippen molar-refractivity contribution in [2.24, 2.45) is 0 Å². The van der Waals surface area contributed by atoms with Gasteiger partial charge in [0.2, 0.25) is 0 Å². The lowest BCUT2D eigenvalue weighted by Gasteiger charge is -2.38. The van der Waals surface area contributed by atoms with Crippen molar-refractivity contribution >= 4 is 27.3 Å². The summed E-state index contributed by atoms with van der Waals surface area (Å²) >= 11 is 0.918. The molecule has 2 rings (SSSR count). The van der Waals surface area contributed by atoms with Crippen LogP contribution in [0.3, 0.4) is 0 Å². The number of thiophene rings is 1. The summed E-state index contributed by atoms with van der Waals surface area (Å²) in [6, 6.07) is 1.45. The van der Waals surface area contributed by atoms with Gasteiger partial charge in [0.1, 0.15) is 4.21 Å². The molecule has 1 fully saturated rings. The Morgan fingerprint density at radius 3 is 2.50 bits per heavy atom. The number of aromatic carboxylic acids is 1. The molecule has 6 nitrogen and oxygen atoms in total. The molecule has 20 heavy (non-hydrogen) atoms. The van der Waals surface area contributed by atoms with E-state index < -0.39 is 16.0 Å². The van der Waals surface area contributed by atoms with E-state index in [1.807, 2.05) is 13.8 Å². The van der Waals surface area contributed by atoms with Crippen LogP contribution >= 0.6 is 11.3 Å². The second-order valence-electron chi connectivity index (χ2n) is 5.09. The van der Waals surface area contributed by atoms with Gasteiger partial charge in [0, 0.05) is 17.5 Å². The number of sulfonamides is 1. The van der Waals surface area contributed by atoms with Gasteiger partial charge in [-0.2, -0.15) is 0 Å². The standard InChI is InChI=1S/C12H18N2O4S2/c1-8-4-3-5-9(2)14(8)13-20(17,18)11-6-10(7-19-11)12(15)16/h6-9,13H,3-5H2,1-2H3,(H,15,16). The predicted octanol–water partition coefficient (Wildman–Crippen LogP) is 1.90. The fraction of sp³-hybridized carbons (Fsp3) is 0.583. The fourth-order valence-electron chi connectivity index (χ4n) is 2.35. The van der Waals surface area contributed by atoms with Gasteiger partial charge in [0.25, 0.3) is 10.0 Å². The molecular weight excluding hydrogens is 300 g/mol. The van der Waals surface area contributed by atoms with Gasteiger partial charge in [-0.15, -0.1) is 16.2 Å². The smallest absolute Gasteiger partial charge is 0.336 e. The topological polar surface area (TPSA) is 86.7 Å². The number of hydrogen-bond donors (Lipinski definition) is 2. The molecule has 2 atom stereocenters. The fourth-order valence-corrected chi connectivity index (χ4v) is 4.73. The van der Waals surface area contributed by atoms with Crippen LogP contribution in [0.25, 0.3) is 0 Å². The van der Waals surface area contributed by atoms with Crippen LogP contribution < -0.4 is 4.83 Å². The number of carboxylic acids is 1. The molecule has 1 aromatic heterocycles. The maximum absolute atomic E-state index is 12.3. The third-order valence-electron chi connectivity index (χ3n) is 3.51. The van der Waals surface area contributed by atoms with Crippen molar-refractivity contribution in [3.8, 4) is 0 Å². The van der Waals surface area contributed by atoms with Crippen LogP contribution in [-0.4, -0.2) is 36.6 Å². The molecule has 1 aliphatic heterocycles. The van der Waals surface area contributed by atoms with Crippen molar-refractivity contribution in [3.05, 3.63) is 17.0 Å². The summed E-state index contributed by atoms with van der Waals surface area (Å²) in [7, 11) is -3.71. The molecule has 1 aliphatic rings.